The smallest absolute Gasteiger partial charge is 0.347 e. The van der Waals surface area contributed by atoms with Gasteiger partial charge in [-0.3, -0.25) is 18.7 Å². The fourth-order valence-corrected chi connectivity index (χ4v) is 4.56. The van der Waals surface area contributed by atoms with Gasteiger partial charge in [-0.05, 0) is 48.7 Å². The third-order valence-electron chi connectivity index (χ3n) is 5.03. The number of ether oxygens (including phenoxy) is 1. The van der Waals surface area contributed by atoms with Crippen molar-refractivity contribution in [2.75, 3.05) is 6.79 Å². The van der Waals surface area contributed by atoms with Gasteiger partial charge in [-0.15, -0.1) is 0 Å². The van der Waals surface area contributed by atoms with Gasteiger partial charge in [-0.2, -0.15) is 0 Å². The van der Waals surface area contributed by atoms with Crippen LogP contribution in [-0.4, -0.2) is 23.6 Å². The molecule has 3 aromatic carbocycles. The van der Waals surface area contributed by atoms with E-state index in [4.69, 9.17) is 9.26 Å². The minimum atomic E-state index is -4.63. The molecule has 34 heavy (non-hydrogen) atoms. The fraction of sp³-hybridized carbons (Fsp3) is 0.231. The number of hydrogen-bond donors (Lipinski definition) is 2. The van der Waals surface area contributed by atoms with E-state index in [1.165, 1.54) is 6.20 Å². The summed E-state index contributed by atoms with van der Waals surface area (Å²) in [5.41, 5.74) is -1.18. The molecule has 1 amide bonds. The number of fused-ring (bicyclic) bond motifs is 1. The summed E-state index contributed by atoms with van der Waals surface area (Å²) in [4.78, 5) is 36.1. The fourth-order valence-electron chi connectivity index (χ4n) is 3.26. The SMILES string of the molecule is CC(C)(C)C(=O)OCOP(=O)(O)C(C(=O)NC=Cc1ccccc1)c1cccc2ccccc12. The van der Waals surface area contributed by atoms with Crippen LogP contribution in [0.15, 0.2) is 79.0 Å². The van der Waals surface area contributed by atoms with Crippen molar-refractivity contribution in [1.82, 2.24) is 5.32 Å². The van der Waals surface area contributed by atoms with Crippen molar-refractivity contribution < 1.29 is 28.3 Å². The molecule has 0 bridgehead atoms. The summed E-state index contributed by atoms with van der Waals surface area (Å²) in [5, 5.41) is 4.03. The first-order valence-corrected chi connectivity index (χ1v) is 12.4. The predicted octanol–water partition coefficient (Wildman–Crippen LogP) is 5.42. The van der Waals surface area contributed by atoms with Crippen LogP contribution < -0.4 is 5.32 Å². The van der Waals surface area contributed by atoms with Gasteiger partial charge in [0.05, 0.1) is 5.41 Å². The molecule has 0 heterocycles. The van der Waals surface area contributed by atoms with Crippen LogP contribution in [0.5, 0.6) is 0 Å². The Morgan fingerprint density at radius 1 is 1.00 bits per heavy atom. The summed E-state index contributed by atoms with van der Waals surface area (Å²) in [6, 6.07) is 21.7. The molecule has 0 aliphatic heterocycles. The van der Waals surface area contributed by atoms with E-state index < -0.39 is 37.3 Å². The van der Waals surface area contributed by atoms with E-state index in [0.29, 0.717) is 10.9 Å². The number of carbonyl (C=O) groups is 2. The maximum Gasteiger partial charge on any atom is 0.347 e. The van der Waals surface area contributed by atoms with Crippen LogP contribution in [0.3, 0.4) is 0 Å². The van der Waals surface area contributed by atoms with Gasteiger partial charge in [0, 0.05) is 6.20 Å². The molecule has 0 radical (unpaired) electrons. The first kappa shape index (κ1) is 25.4. The zero-order chi connectivity index (χ0) is 24.8. The molecular formula is C26H28NO6P. The van der Waals surface area contributed by atoms with Gasteiger partial charge in [-0.25, -0.2) is 0 Å². The summed E-state index contributed by atoms with van der Waals surface area (Å²) < 4.78 is 23.4. The molecule has 8 heteroatoms. The van der Waals surface area contributed by atoms with E-state index in [0.717, 1.165) is 10.9 Å². The van der Waals surface area contributed by atoms with Crippen LogP contribution in [0.25, 0.3) is 16.8 Å². The van der Waals surface area contributed by atoms with E-state index >= 15 is 0 Å². The molecule has 2 atom stereocenters. The van der Waals surface area contributed by atoms with Gasteiger partial charge in [0.15, 0.2) is 5.66 Å². The van der Waals surface area contributed by atoms with Crippen LogP contribution >= 0.6 is 7.60 Å². The minimum Gasteiger partial charge on any atom is -0.438 e. The van der Waals surface area contributed by atoms with Crippen LogP contribution in [0.1, 0.15) is 37.6 Å². The summed E-state index contributed by atoms with van der Waals surface area (Å²) >= 11 is 0. The monoisotopic (exact) mass is 481 g/mol. The van der Waals surface area contributed by atoms with Crippen LogP contribution in [0.2, 0.25) is 0 Å². The van der Waals surface area contributed by atoms with Crippen molar-refractivity contribution >= 4 is 36.3 Å². The van der Waals surface area contributed by atoms with E-state index in [1.54, 1.807) is 51.1 Å². The number of benzene rings is 3. The van der Waals surface area contributed by atoms with Gasteiger partial charge in [0.2, 0.25) is 12.7 Å². The highest BCUT2D eigenvalue weighted by molar-refractivity contribution is 7.54. The number of rotatable bonds is 8. The second-order valence-corrected chi connectivity index (χ2v) is 10.6. The van der Waals surface area contributed by atoms with Crippen molar-refractivity contribution in [3.05, 3.63) is 90.1 Å². The molecule has 7 nitrogen and oxygen atoms in total. The lowest BCUT2D eigenvalue weighted by Crippen LogP contribution is -2.27. The van der Waals surface area contributed by atoms with Gasteiger partial charge < -0.3 is 14.9 Å². The number of amides is 1. The quantitative estimate of drug-likeness (QED) is 0.253. The van der Waals surface area contributed by atoms with Gasteiger partial charge >= 0.3 is 13.6 Å². The van der Waals surface area contributed by atoms with Crippen molar-refractivity contribution in [2.24, 2.45) is 5.41 Å². The van der Waals surface area contributed by atoms with E-state index in [2.05, 4.69) is 5.32 Å². The summed E-state index contributed by atoms with van der Waals surface area (Å²) in [7, 11) is -4.63. The van der Waals surface area contributed by atoms with Crippen LogP contribution in [-0.2, 0) is 23.4 Å². The Hall–Kier alpha value is -3.25. The molecular weight excluding hydrogens is 453 g/mol. The van der Waals surface area contributed by atoms with Crippen LogP contribution in [0, 0.1) is 5.41 Å². The van der Waals surface area contributed by atoms with E-state index in [9.17, 15) is 19.0 Å². The average Bonchev–Trinajstić information content (AvgIpc) is 2.79. The molecule has 0 saturated carbocycles. The summed E-state index contributed by atoms with van der Waals surface area (Å²) in [6.45, 7) is 4.20. The number of carbonyl (C=O) groups excluding carboxylic acids is 2. The van der Waals surface area contributed by atoms with Crippen molar-refractivity contribution in [3.8, 4) is 0 Å². The normalized spacial score (nSPS) is 14.5. The molecule has 0 fully saturated rings. The topological polar surface area (TPSA) is 102 Å². The zero-order valence-corrected chi connectivity index (χ0v) is 20.2. The molecule has 178 valence electrons. The Morgan fingerprint density at radius 3 is 2.35 bits per heavy atom. The largest absolute Gasteiger partial charge is 0.438 e. The summed E-state index contributed by atoms with van der Waals surface area (Å²) in [5.74, 6) is -1.32. The van der Waals surface area contributed by atoms with Gasteiger partial charge in [0.1, 0.15) is 0 Å². The van der Waals surface area contributed by atoms with E-state index in [-0.39, 0.29) is 0 Å². The zero-order valence-electron chi connectivity index (χ0n) is 19.3. The Balaban J connectivity index is 1.89. The highest BCUT2D eigenvalue weighted by Gasteiger charge is 2.41. The lowest BCUT2D eigenvalue weighted by atomic mass is 9.98. The Bertz CT molecular complexity index is 1230. The standard InChI is InChI=1S/C26H28NO6P/c1-26(2,3)25(29)32-18-33-34(30,31)23(22-15-9-13-20-12-7-8-14-21(20)22)24(28)27-17-16-19-10-5-4-6-11-19/h4-17,23H,18H2,1-3H3,(H,27,28)(H,30,31). The highest BCUT2D eigenvalue weighted by atomic mass is 31.2. The molecule has 0 spiro atoms. The van der Waals surface area contributed by atoms with Crippen molar-refractivity contribution in [3.63, 3.8) is 0 Å². The van der Waals surface area contributed by atoms with Gasteiger partial charge in [-0.1, -0.05) is 72.8 Å². The molecule has 3 aromatic rings. The molecule has 0 aliphatic carbocycles. The highest BCUT2D eigenvalue weighted by Crippen LogP contribution is 2.57. The third-order valence-corrected chi connectivity index (χ3v) is 6.67. The molecule has 0 saturated heterocycles. The predicted molar refractivity (Wildman–Crippen MR) is 132 cm³/mol. The molecule has 0 aliphatic rings. The maximum absolute atomic E-state index is 13.3. The Morgan fingerprint density at radius 2 is 1.65 bits per heavy atom. The maximum atomic E-state index is 13.3. The van der Waals surface area contributed by atoms with Gasteiger partial charge in [0.25, 0.3) is 0 Å². The second-order valence-electron chi connectivity index (χ2n) is 8.72. The second kappa shape index (κ2) is 10.8. The Labute approximate surface area is 198 Å². The van der Waals surface area contributed by atoms with Crippen LogP contribution in [0.4, 0.5) is 0 Å². The molecule has 2 N–H and O–H groups in total. The number of hydrogen-bond acceptors (Lipinski definition) is 5. The van der Waals surface area contributed by atoms with E-state index in [1.807, 2.05) is 48.5 Å². The number of esters is 1. The molecule has 3 rings (SSSR count). The average molecular weight is 481 g/mol. The lowest BCUT2D eigenvalue weighted by molar-refractivity contribution is -0.159. The number of nitrogens with one attached hydrogen (secondary N) is 1. The first-order chi connectivity index (χ1) is 16.1. The molecule has 2 unspecified atom stereocenters. The molecule has 0 aromatic heterocycles. The minimum absolute atomic E-state index is 0.330. The Kier molecular flexibility index (Phi) is 8.05. The lowest BCUT2D eigenvalue weighted by Gasteiger charge is -2.24. The summed E-state index contributed by atoms with van der Waals surface area (Å²) in [6.07, 6.45) is 3.09. The van der Waals surface area contributed by atoms with Crippen molar-refractivity contribution in [2.45, 2.75) is 26.4 Å². The third kappa shape index (κ3) is 6.41. The first-order valence-electron chi connectivity index (χ1n) is 10.7. The van der Waals surface area contributed by atoms with Crippen molar-refractivity contribution in [1.29, 1.82) is 0 Å².